The van der Waals surface area contributed by atoms with Crippen molar-refractivity contribution in [3.05, 3.63) is 64.7 Å². The molecule has 0 atom stereocenters. The second-order valence-electron chi connectivity index (χ2n) is 6.93. The van der Waals surface area contributed by atoms with Crippen LogP contribution in [0.5, 0.6) is 0 Å². The summed E-state index contributed by atoms with van der Waals surface area (Å²) < 4.78 is 0. The van der Waals surface area contributed by atoms with Crippen molar-refractivity contribution in [1.82, 2.24) is 5.32 Å². The number of hydrogen-bond acceptors (Lipinski definition) is 2. The van der Waals surface area contributed by atoms with Crippen LogP contribution in [0, 0.1) is 0 Å². The zero-order valence-corrected chi connectivity index (χ0v) is 15.3. The molecule has 0 aromatic heterocycles. The van der Waals surface area contributed by atoms with Crippen LogP contribution >= 0.6 is 11.6 Å². The highest BCUT2D eigenvalue weighted by molar-refractivity contribution is 6.30. The van der Waals surface area contributed by atoms with E-state index in [4.69, 9.17) is 11.6 Å². The van der Waals surface area contributed by atoms with Crippen LogP contribution in [0.2, 0.25) is 5.02 Å². The molecule has 0 bridgehead atoms. The van der Waals surface area contributed by atoms with Gasteiger partial charge >= 0.3 is 0 Å². The first-order chi connectivity index (χ1) is 11.3. The Morgan fingerprint density at radius 1 is 1.08 bits per heavy atom. The smallest absolute Gasteiger partial charge is 0.238 e. The van der Waals surface area contributed by atoms with E-state index in [0.29, 0.717) is 6.54 Å². The van der Waals surface area contributed by atoms with Gasteiger partial charge in [0.2, 0.25) is 5.91 Å². The molecule has 0 aliphatic rings. The van der Waals surface area contributed by atoms with E-state index in [1.165, 1.54) is 5.56 Å². The van der Waals surface area contributed by atoms with Gasteiger partial charge in [-0.05, 0) is 53.8 Å². The molecule has 0 aliphatic carbocycles. The summed E-state index contributed by atoms with van der Waals surface area (Å²) in [4.78, 5) is 12.0. The highest BCUT2D eigenvalue weighted by Gasteiger charge is 2.13. The summed E-state index contributed by atoms with van der Waals surface area (Å²) in [6, 6.07) is 15.8. The van der Waals surface area contributed by atoms with Gasteiger partial charge in [0, 0.05) is 10.7 Å². The first-order valence-corrected chi connectivity index (χ1v) is 8.58. The first-order valence-electron chi connectivity index (χ1n) is 8.20. The molecule has 24 heavy (non-hydrogen) atoms. The topological polar surface area (TPSA) is 41.1 Å². The zero-order chi connectivity index (χ0) is 17.6. The maximum atomic E-state index is 12.0. The molecule has 128 valence electrons. The van der Waals surface area contributed by atoms with Crippen LogP contribution in [0.3, 0.4) is 0 Å². The summed E-state index contributed by atoms with van der Waals surface area (Å²) in [7, 11) is 0. The minimum atomic E-state index is -0.0374. The van der Waals surface area contributed by atoms with E-state index in [9.17, 15) is 4.79 Å². The summed E-state index contributed by atoms with van der Waals surface area (Å²) in [5.41, 5.74) is 3.35. The van der Waals surface area contributed by atoms with Crippen LogP contribution in [0.25, 0.3) is 0 Å². The van der Waals surface area contributed by atoms with Crippen LogP contribution in [-0.2, 0) is 16.6 Å². The predicted molar refractivity (Wildman–Crippen MR) is 102 cm³/mol. The van der Waals surface area contributed by atoms with Gasteiger partial charge in [-0.2, -0.15) is 0 Å². The lowest BCUT2D eigenvalue weighted by molar-refractivity contribution is -0.115. The molecule has 2 aromatic carbocycles. The molecule has 1 amide bonds. The molecule has 2 aromatic rings. The predicted octanol–water partition coefficient (Wildman–Crippen LogP) is 4.41. The van der Waals surface area contributed by atoms with Gasteiger partial charge in [-0.25, -0.2) is 0 Å². The van der Waals surface area contributed by atoms with Gasteiger partial charge in [-0.1, -0.05) is 56.6 Å². The lowest BCUT2D eigenvalue weighted by Gasteiger charge is -2.19. The number of benzene rings is 2. The van der Waals surface area contributed by atoms with Crippen LogP contribution < -0.4 is 10.6 Å². The SMILES string of the molecule is CC(C)(C)c1ccc(NC(=O)CNCCc2cccc(Cl)c2)cc1. The fourth-order valence-electron chi connectivity index (χ4n) is 2.39. The van der Waals surface area contributed by atoms with Crippen molar-refractivity contribution in [2.24, 2.45) is 0 Å². The van der Waals surface area contributed by atoms with Crippen molar-refractivity contribution in [2.45, 2.75) is 32.6 Å². The van der Waals surface area contributed by atoms with Crippen molar-refractivity contribution >= 4 is 23.2 Å². The van der Waals surface area contributed by atoms with Gasteiger partial charge in [-0.3, -0.25) is 4.79 Å². The molecule has 2 rings (SSSR count). The number of carbonyl (C=O) groups excluding carboxylic acids is 1. The Bertz CT molecular complexity index is 675. The number of amides is 1. The first kappa shape index (κ1) is 18.5. The average Bonchev–Trinajstić information content (AvgIpc) is 2.51. The van der Waals surface area contributed by atoms with E-state index >= 15 is 0 Å². The number of rotatable bonds is 6. The highest BCUT2D eigenvalue weighted by Crippen LogP contribution is 2.23. The van der Waals surface area contributed by atoms with E-state index in [-0.39, 0.29) is 11.3 Å². The largest absolute Gasteiger partial charge is 0.325 e. The molecule has 0 heterocycles. The van der Waals surface area contributed by atoms with E-state index in [1.807, 2.05) is 36.4 Å². The Morgan fingerprint density at radius 2 is 1.79 bits per heavy atom. The second-order valence-corrected chi connectivity index (χ2v) is 7.37. The van der Waals surface area contributed by atoms with Crippen LogP contribution in [0.15, 0.2) is 48.5 Å². The highest BCUT2D eigenvalue weighted by atomic mass is 35.5. The Kier molecular flexibility index (Phi) is 6.41. The molecular formula is C20H25ClN2O. The normalized spacial score (nSPS) is 11.3. The van der Waals surface area contributed by atoms with E-state index < -0.39 is 0 Å². The minimum Gasteiger partial charge on any atom is -0.325 e. The summed E-state index contributed by atoms with van der Waals surface area (Å²) in [6.07, 6.45) is 0.841. The van der Waals surface area contributed by atoms with E-state index in [0.717, 1.165) is 29.2 Å². The number of carbonyl (C=O) groups is 1. The molecule has 4 heteroatoms. The number of halogens is 1. The summed E-state index contributed by atoms with van der Waals surface area (Å²) in [6.45, 7) is 7.54. The molecule has 0 radical (unpaired) electrons. The molecule has 0 spiro atoms. The molecule has 0 fully saturated rings. The molecule has 0 saturated carbocycles. The second kappa shape index (κ2) is 8.32. The van der Waals surface area contributed by atoms with Crippen molar-refractivity contribution in [2.75, 3.05) is 18.4 Å². The zero-order valence-electron chi connectivity index (χ0n) is 14.5. The van der Waals surface area contributed by atoms with E-state index in [2.05, 4.69) is 43.5 Å². The fourth-order valence-corrected chi connectivity index (χ4v) is 2.60. The molecule has 2 N–H and O–H groups in total. The van der Waals surface area contributed by atoms with Crippen molar-refractivity contribution in [1.29, 1.82) is 0 Å². The molecule has 3 nitrogen and oxygen atoms in total. The summed E-state index contributed by atoms with van der Waals surface area (Å²) in [5.74, 6) is -0.0374. The van der Waals surface area contributed by atoms with Crippen molar-refractivity contribution in [3.63, 3.8) is 0 Å². The van der Waals surface area contributed by atoms with Gasteiger partial charge in [0.05, 0.1) is 6.54 Å². The lowest BCUT2D eigenvalue weighted by atomic mass is 9.87. The Morgan fingerprint density at radius 3 is 2.42 bits per heavy atom. The van der Waals surface area contributed by atoms with Crippen LogP contribution in [-0.4, -0.2) is 19.0 Å². The van der Waals surface area contributed by atoms with Crippen LogP contribution in [0.1, 0.15) is 31.9 Å². The van der Waals surface area contributed by atoms with Crippen molar-refractivity contribution in [3.8, 4) is 0 Å². The van der Waals surface area contributed by atoms with E-state index in [1.54, 1.807) is 0 Å². The Balaban J connectivity index is 1.73. The van der Waals surface area contributed by atoms with Gasteiger partial charge in [0.15, 0.2) is 0 Å². The van der Waals surface area contributed by atoms with Gasteiger partial charge < -0.3 is 10.6 Å². The van der Waals surface area contributed by atoms with Gasteiger partial charge in [-0.15, -0.1) is 0 Å². The number of hydrogen-bond donors (Lipinski definition) is 2. The minimum absolute atomic E-state index is 0.0374. The monoisotopic (exact) mass is 344 g/mol. The van der Waals surface area contributed by atoms with Gasteiger partial charge in [0.1, 0.15) is 0 Å². The maximum absolute atomic E-state index is 12.0. The number of anilines is 1. The third-order valence-electron chi connectivity index (χ3n) is 3.80. The van der Waals surface area contributed by atoms with Crippen LogP contribution in [0.4, 0.5) is 5.69 Å². The Labute approximate surface area is 149 Å². The maximum Gasteiger partial charge on any atom is 0.238 e. The quantitative estimate of drug-likeness (QED) is 0.762. The summed E-state index contributed by atoms with van der Waals surface area (Å²) >= 11 is 5.95. The molecular weight excluding hydrogens is 320 g/mol. The number of nitrogens with one attached hydrogen (secondary N) is 2. The molecule has 0 saturated heterocycles. The third-order valence-corrected chi connectivity index (χ3v) is 4.03. The van der Waals surface area contributed by atoms with Crippen molar-refractivity contribution < 1.29 is 4.79 Å². The fraction of sp³-hybridized carbons (Fsp3) is 0.350. The molecule has 0 unspecified atom stereocenters. The third kappa shape index (κ3) is 5.99. The standard InChI is InChI=1S/C20H25ClN2O/c1-20(2,3)16-7-9-18(10-8-16)23-19(24)14-22-12-11-15-5-4-6-17(21)13-15/h4-10,13,22H,11-12,14H2,1-3H3,(H,23,24). The lowest BCUT2D eigenvalue weighted by Crippen LogP contribution is -2.29. The molecule has 0 aliphatic heterocycles. The van der Waals surface area contributed by atoms with Gasteiger partial charge in [0.25, 0.3) is 0 Å². The average molecular weight is 345 g/mol. The Hall–Kier alpha value is -1.84. The summed E-state index contributed by atoms with van der Waals surface area (Å²) in [5, 5.41) is 6.80.